The maximum atomic E-state index is 5.41. The molecule has 0 radical (unpaired) electrons. The number of hydrogen-bond acceptors (Lipinski definition) is 3. The highest BCUT2D eigenvalue weighted by Gasteiger charge is 2.37. The summed E-state index contributed by atoms with van der Waals surface area (Å²) >= 11 is 0. The first-order valence-electron chi connectivity index (χ1n) is 4.56. The Morgan fingerprint density at radius 2 is 2.00 bits per heavy atom. The highest BCUT2D eigenvalue weighted by Crippen LogP contribution is 2.25. The summed E-state index contributed by atoms with van der Waals surface area (Å²) in [6.45, 7) is 0. The van der Waals surface area contributed by atoms with E-state index in [4.69, 9.17) is 9.57 Å². The average Bonchev–Trinajstić information content (AvgIpc) is 2.79. The van der Waals surface area contributed by atoms with Gasteiger partial charge in [-0.25, -0.2) is 0 Å². The van der Waals surface area contributed by atoms with Gasteiger partial charge in [0, 0.05) is 5.56 Å². The van der Waals surface area contributed by atoms with E-state index in [1.54, 1.807) is 6.26 Å². The third kappa shape index (κ3) is 1.02. The molecule has 0 N–H and O–H groups in total. The zero-order valence-electron chi connectivity index (χ0n) is 7.46. The second-order valence-electron chi connectivity index (χ2n) is 3.30. The summed E-state index contributed by atoms with van der Waals surface area (Å²) in [6, 6.07) is 9.95. The Labute approximate surface area is 81.6 Å². The topological polar surface area (TPSA) is 30.8 Å². The van der Waals surface area contributed by atoms with E-state index in [-0.39, 0.29) is 12.2 Å². The van der Waals surface area contributed by atoms with Gasteiger partial charge in [-0.3, -0.25) is 0 Å². The van der Waals surface area contributed by atoms with Crippen molar-refractivity contribution in [3.8, 4) is 0 Å². The number of rotatable bonds is 1. The van der Waals surface area contributed by atoms with E-state index in [9.17, 15) is 0 Å². The van der Waals surface area contributed by atoms with E-state index in [0.29, 0.717) is 0 Å². The number of hydrogen-bond donors (Lipinski definition) is 0. The highest BCUT2D eigenvalue weighted by atomic mass is 16.7. The molecule has 0 spiro atoms. The number of ether oxygens (including phenoxy) is 1. The van der Waals surface area contributed by atoms with Crippen LogP contribution in [0, 0.1) is 0 Å². The van der Waals surface area contributed by atoms with E-state index < -0.39 is 0 Å². The summed E-state index contributed by atoms with van der Waals surface area (Å²) < 4.78 is 5.41. The summed E-state index contributed by atoms with van der Waals surface area (Å²) in [5.41, 5.74) is 1.93. The lowest BCUT2D eigenvalue weighted by Gasteiger charge is -2.08. The van der Waals surface area contributed by atoms with Crippen molar-refractivity contribution >= 4 is 5.71 Å². The molecule has 0 amide bonds. The molecule has 14 heavy (non-hydrogen) atoms. The van der Waals surface area contributed by atoms with Crippen LogP contribution < -0.4 is 0 Å². The molecule has 1 aromatic rings. The maximum Gasteiger partial charge on any atom is 0.191 e. The Morgan fingerprint density at radius 3 is 2.86 bits per heavy atom. The van der Waals surface area contributed by atoms with Crippen LogP contribution in [0.3, 0.4) is 0 Å². The fourth-order valence-corrected chi connectivity index (χ4v) is 1.69. The Balaban J connectivity index is 1.94. The van der Waals surface area contributed by atoms with Crippen LogP contribution in [0.5, 0.6) is 0 Å². The molecule has 0 saturated heterocycles. The molecule has 0 aromatic heterocycles. The van der Waals surface area contributed by atoms with Gasteiger partial charge in [0.2, 0.25) is 0 Å². The largest absolute Gasteiger partial charge is 0.487 e. The molecule has 2 heterocycles. The molecule has 2 aliphatic rings. The summed E-state index contributed by atoms with van der Waals surface area (Å²) in [4.78, 5) is 5.22. The predicted octanol–water partition coefficient (Wildman–Crippen LogP) is 1.70. The Bertz CT molecular complexity index is 397. The smallest absolute Gasteiger partial charge is 0.191 e. The van der Waals surface area contributed by atoms with Gasteiger partial charge in [0.05, 0.1) is 6.26 Å². The minimum atomic E-state index is -0.0580. The minimum absolute atomic E-state index is 0.0368. The molecule has 3 heteroatoms. The van der Waals surface area contributed by atoms with Gasteiger partial charge in [0.1, 0.15) is 5.71 Å². The molecule has 3 nitrogen and oxygen atoms in total. The van der Waals surface area contributed by atoms with Gasteiger partial charge in [-0.15, -0.1) is 0 Å². The van der Waals surface area contributed by atoms with Crippen molar-refractivity contribution in [1.29, 1.82) is 0 Å². The predicted molar refractivity (Wildman–Crippen MR) is 51.9 cm³/mol. The number of nitrogens with zero attached hydrogens (tertiary/aromatic N) is 1. The molecular weight excluding hydrogens is 178 g/mol. The van der Waals surface area contributed by atoms with E-state index in [2.05, 4.69) is 5.16 Å². The van der Waals surface area contributed by atoms with Gasteiger partial charge < -0.3 is 9.57 Å². The van der Waals surface area contributed by atoms with Gasteiger partial charge in [-0.05, 0) is 6.08 Å². The molecule has 2 atom stereocenters. The zero-order valence-corrected chi connectivity index (χ0v) is 7.46. The lowest BCUT2D eigenvalue weighted by molar-refractivity contribution is 0.0678. The fraction of sp³-hybridized carbons (Fsp3) is 0.182. The second-order valence-corrected chi connectivity index (χ2v) is 3.30. The molecule has 70 valence electrons. The average molecular weight is 187 g/mol. The van der Waals surface area contributed by atoms with Crippen molar-refractivity contribution in [2.45, 2.75) is 12.2 Å². The van der Waals surface area contributed by atoms with Crippen molar-refractivity contribution in [3.05, 3.63) is 48.2 Å². The molecule has 2 aliphatic heterocycles. The van der Waals surface area contributed by atoms with E-state index in [1.165, 1.54) is 0 Å². The molecule has 0 unspecified atom stereocenters. The van der Waals surface area contributed by atoms with Crippen LogP contribution in [-0.4, -0.2) is 17.9 Å². The summed E-state index contributed by atoms with van der Waals surface area (Å²) in [6.07, 6.45) is 3.46. The molecule has 1 aromatic carbocycles. The number of benzene rings is 1. The molecular formula is C11H9NO2. The summed E-state index contributed by atoms with van der Waals surface area (Å²) in [5, 5.41) is 4.03. The van der Waals surface area contributed by atoms with E-state index in [1.807, 2.05) is 36.4 Å². The van der Waals surface area contributed by atoms with Gasteiger partial charge in [-0.2, -0.15) is 0 Å². The summed E-state index contributed by atoms with van der Waals surface area (Å²) in [7, 11) is 0. The zero-order chi connectivity index (χ0) is 9.38. The van der Waals surface area contributed by atoms with Crippen LogP contribution in [0.1, 0.15) is 5.56 Å². The maximum absolute atomic E-state index is 5.41. The first-order chi connectivity index (χ1) is 6.95. The molecule has 0 aliphatic carbocycles. The van der Waals surface area contributed by atoms with Gasteiger partial charge in [0.25, 0.3) is 0 Å². The van der Waals surface area contributed by atoms with Crippen LogP contribution in [0.25, 0.3) is 0 Å². The number of fused-ring (bicyclic) bond motifs is 1. The van der Waals surface area contributed by atoms with Crippen LogP contribution in [0.15, 0.2) is 47.8 Å². The van der Waals surface area contributed by atoms with Crippen molar-refractivity contribution < 1.29 is 9.57 Å². The van der Waals surface area contributed by atoms with Crippen molar-refractivity contribution in [1.82, 2.24) is 0 Å². The Hall–Kier alpha value is -1.77. The second kappa shape index (κ2) is 2.87. The standard InChI is InChI=1S/C11H9NO2/c1-2-4-8(5-3-1)10-11-9(14-12-10)6-7-13-11/h1-7,9,11H/t9-,11+/m0/s1. The monoisotopic (exact) mass is 187 g/mol. The van der Waals surface area contributed by atoms with E-state index >= 15 is 0 Å². The third-order valence-corrected chi connectivity index (χ3v) is 2.40. The quantitative estimate of drug-likeness (QED) is 0.670. The highest BCUT2D eigenvalue weighted by molar-refractivity contribution is 6.05. The molecule has 0 fully saturated rings. The summed E-state index contributed by atoms with van der Waals surface area (Å²) in [5.74, 6) is 0. The number of oxime groups is 1. The normalized spacial score (nSPS) is 27.9. The van der Waals surface area contributed by atoms with Crippen molar-refractivity contribution in [2.75, 3.05) is 0 Å². The lowest BCUT2D eigenvalue weighted by atomic mass is 10.0. The third-order valence-electron chi connectivity index (χ3n) is 2.40. The lowest BCUT2D eigenvalue weighted by Crippen LogP contribution is -2.26. The first-order valence-corrected chi connectivity index (χ1v) is 4.56. The molecule has 0 saturated carbocycles. The Kier molecular flexibility index (Phi) is 1.56. The first kappa shape index (κ1) is 7.62. The van der Waals surface area contributed by atoms with Crippen molar-refractivity contribution in [2.24, 2.45) is 5.16 Å². The Morgan fingerprint density at radius 1 is 1.14 bits per heavy atom. The molecule has 0 bridgehead atoms. The molecule has 3 rings (SSSR count). The minimum Gasteiger partial charge on any atom is -0.487 e. The van der Waals surface area contributed by atoms with Crippen LogP contribution in [-0.2, 0) is 9.57 Å². The van der Waals surface area contributed by atoms with Gasteiger partial charge >= 0.3 is 0 Å². The van der Waals surface area contributed by atoms with Crippen LogP contribution in [0.2, 0.25) is 0 Å². The van der Waals surface area contributed by atoms with Gasteiger partial charge in [0.15, 0.2) is 12.2 Å². The van der Waals surface area contributed by atoms with Crippen molar-refractivity contribution in [3.63, 3.8) is 0 Å². The van der Waals surface area contributed by atoms with Crippen LogP contribution >= 0.6 is 0 Å². The van der Waals surface area contributed by atoms with Gasteiger partial charge in [-0.1, -0.05) is 35.5 Å². The van der Waals surface area contributed by atoms with Crippen LogP contribution in [0.4, 0.5) is 0 Å². The van der Waals surface area contributed by atoms with E-state index in [0.717, 1.165) is 11.3 Å². The SMILES string of the molecule is C1=C[C@@H]2ON=C(c3ccccc3)[C@@H]2O1. The fourth-order valence-electron chi connectivity index (χ4n) is 1.69.